The van der Waals surface area contributed by atoms with Gasteiger partial charge in [-0.3, -0.25) is 0 Å². The molecule has 1 unspecified atom stereocenters. The molecule has 1 heterocycles. The Labute approximate surface area is 164 Å². The second-order valence-corrected chi connectivity index (χ2v) is 8.09. The van der Waals surface area contributed by atoms with Crippen molar-refractivity contribution < 1.29 is 13.2 Å². The highest BCUT2D eigenvalue weighted by molar-refractivity contribution is 5.65. The molecular weight excluding hydrogens is 361 g/mol. The molecule has 5 heteroatoms. The Hall–Kier alpha value is -1.85. The van der Waals surface area contributed by atoms with Gasteiger partial charge in [-0.1, -0.05) is 36.4 Å². The topological polar surface area (TPSA) is 24.1 Å². The highest BCUT2D eigenvalue weighted by atomic mass is 19.4. The zero-order valence-electron chi connectivity index (χ0n) is 15.9. The van der Waals surface area contributed by atoms with E-state index in [0.717, 1.165) is 43.6 Å². The van der Waals surface area contributed by atoms with Gasteiger partial charge in [0, 0.05) is 12.0 Å². The number of hydrogen-bond donors (Lipinski definition) is 2. The lowest BCUT2D eigenvalue weighted by Crippen LogP contribution is -2.30. The van der Waals surface area contributed by atoms with Crippen LogP contribution < -0.4 is 10.6 Å². The smallest absolute Gasteiger partial charge is 0.317 e. The van der Waals surface area contributed by atoms with Gasteiger partial charge in [0.2, 0.25) is 0 Å². The van der Waals surface area contributed by atoms with Crippen molar-refractivity contribution in [3.05, 3.63) is 59.7 Å². The molecule has 2 aromatic rings. The maximum atomic E-state index is 12.9. The Morgan fingerprint density at radius 3 is 2.43 bits per heavy atom. The summed E-state index contributed by atoms with van der Waals surface area (Å²) >= 11 is 0. The lowest BCUT2D eigenvalue weighted by Gasteiger charge is -2.22. The van der Waals surface area contributed by atoms with Crippen molar-refractivity contribution >= 4 is 0 Å². The normalized spacial score (nSPS) is 23.0. The van der Waals surface area contributed by atoms with E-state index in [1.165, 1.54) is 37.0 Å². The predicted octanol–water partition coefficient (Wildman–Crippen LogP) is 5.21. The van der Waals surface area contributed by atoms with E-state index in [2.05, 4.69) is 22.8 Å². The van der Waals surface area contributed by atoms with Crippen molar-refractivity contribution in [2.45, 2.75) is 43.8 Å². The summed E-state index contributed by atoms with van der Waals surface area (Å²) in [5, 5.41) is 7.08. The molecule has 2 fully saturated rings. The number of halogens is 3. The van der Waals surface area contributed by atoms with Crippen molar-refractivity contribution in [2.75, 3.05) is 19.6 Å². The molecule has 0 aromatic heterocycles. The van der Waals surface area contributed by atoms with Gasteiger partial charge in [0.15, 0.2) is 0 Å². The molecule has 150 valence electrons. The van der Waals surface area contributed by atoms with Gasteiger partial charge >= 0.3 is 6.18 Å². The standard InChI is InChI=1S/C23H27F3N2/c24-23(25,26)20-3-1-2-19(14-20)17-4-6-18(7-5-17)21-15-22(21)28-13-10-16-8-11-27-12-9-16/h1-7,14,16,21-22,27-28H,8-13,15H2/t21?,22-/m0/s1. The summed E-state index contributed by atoms with van der Waals surface area (Å²) < 4.78 is 38.7. The first-order valence-corrected chi connectivity index (χ1v) is 10.2. The third-order valence-electron chi connectivity index (χ3n) is 6.07. The van der Waals surface area contributed by atoms with E-state index >= 15 is 0 Å². The van der Waals surface area contributed by atoms with Gasteiger partial charge in [-0.15, -0.1) is 0 Å². The number of piperidine rings is 1. The van der Waals surface area contributed by atoms with E-state index in [1.807, 2.05) is 12.1 Å². The number of benzene rings is 2. The second-order valence-electron chi connectivity index (χ2n) is 8.09. The average Bonchev–Trinajstić information content (AvgIpc) is 3.48. The van der Waals surface area contributed by atoms with Gasteiger partial charge in [-0.25, -0.2) is 0 Å². The van der Waals surface area contributed by atoms with Crippen LogP contribution in [-0.2, 0) is 6.18 Å². The third kappa shape index (κ3) is 4.76. The van der Waals surface area contributed by atoms with Gasteiger partial charge < -0.3 is 10.6 Å². The Balaban J connectivity index is 1.31. The molecule has 2 aliphatic rings. The summed E-state index contributed by atoms with van der Waals surface area (Å²) in [4.78, 5) is 0. The number of rotatable bonds is 6. The summed E-state index contributed by atoms with van der Waals surface area (Å²) in [5.74, 6) is 1.38. The van der Waals surface area contributed by atoms with Crippen molar-refractivity contribution in [1.29, 1.82) is 0 Å². The summed E-state index contributed by atoms with van der Waals surface area (Å²) in [5.41, 5.74) is 2.10. The molecule has 28 heavy (non-hydrogen) atoms. The Kier molecular flexibility index (Phi) is 5.74. The molecule has 2 N–H and O–H groups in total. The number of hydrogen-bond acceptors (Lipinski definition) is 2. The molecule has 2 atom stereocenters. The van der Waals surface area contributed by atoms with Gasteiger partial charge in [0.1, 0.15) is 0 Å². The number of nitrogens with one attached hydrogen (secondary N) is 2. The first kappa shape index (κ1) is 19.5. The van der Waals surface area contributed by atoms with Crippen molar-refractivity contribution in [2.24, 2.45) is 5.92 Å². The lowest BCUT2D eigenvalue weighted by molar-refractivity contribution is -0.137. The molecule has 2 aromatic carbocycles. The fourth-order valence-corrected chi connectivity index (χ4v) is 4.23. The van der Waals surface area contributed by atoms with Crippen LogP contribution in [0.3, 0.4) is 0 Å². The molecular formula is C23H27F3N2. The largest absolute Gasteiger partial charge is 0.416 e. The highest BCUT2D eigenvalue weighted by Gasteiger charge is 2.37. The SMILES string of the molecule is FC(F)(F)c1cccc(-c2ccc(C3C[C@@H]3NCCC3CCNCC3)cc2)c1. The van der Waals surface area contributed by atoms with Crippen LogP contribution in [0, 0.1) is 5.92 Å². The fraction of sp³-hybridized carbons (Fsp3) is 0.478. The lowest BCUT2D eigenvalue weighted by atomic mass is 9.95. The summed E-state index contributed by atoms with van der Waals surface area (Å²) in [6, 6.07) is 14.1. The first-order valence-electron chi connectivity index (χ1n) is 10.2. The first-order chi connectivity index (χ1) is 13.5. The van der Waals surface area contributed by atoms with Crippen LogP contribution in [0.2, 0.25) is 0 Å². The molecule has 0 radical (unpaired) electrons. The van der Waals surface area contributed by atoms with Gasteiger partial charge in [-0.2, -0.15) is 13.2 Å². The Morgan fingerprint density at radius 2 is 1.71 bits per heavy atom. The summed E-state index contributed by atoms with van der Waals surface area (Å²) in [6.07, 6.45) is 0.658. The van der Waals surface area contributed by atoms with Gasteiger partial charge in [0.05, 0.1) is 5.56 Å². The maximum Gasteiger partial charge on any atom is 0.416 e. The minimum Gasteiger partial charge on any atom is -0.317 e. The molecule has 0 amide bonds. The highest BCUT2D eigenvalue weighted by Crippen LogP contribution is 2.41. The van der Waals surface area contributed by atoms with E-state index in [-0.39, 0.29) is 0 Å². The zero-order valence-corrected chi connectivity index (χ0v) is 15.9. The second kappa shape index (κ2) is 8.26. The van der Waals surface area contributed by atoms with Crippen LogP contribution in [0.25, 0.3) is 11.1 Å². The Morgan fingerprint density at radius 1 is 0.964 bits per heavy atom. The predicted molar refractivity (Wildman–Crippen MR) is 106 cm³/mol. The van der Waals surface area contributed by atoms with E-state index in [0.29, 0.717) is 17.5 Å². The van der Waals surface area contributed by atoms with Gasteiger partial charge in [-0.05, 0) is 80.1 Å². The van der Waals surface area contributed by atoms with E-state index in [1.54, 1.807) is 6.07 Å². The quantitative estimate of drug-likeness (QED) is 0.710. The molecule has 1 saturated heterocycles. The van der Waals surface area contributed by atoms with Crippen molar-refractivity contribution in [3.63, 3.8) is 0 Å². The average molecular weight is 388 g/mol. The maximum absolute atomic E-state index is 12.9. The van der Waals surface area contributed by atoms with Crippen LogP contribution in [0.1, 0.15) is 42.7 Å². The third-order valence-corrected chi connectivity index (χ3v) is 6.07. The minimum absolute atomic E-state index is 0.531. The zero-order chi connectivity index (χ0) is 19.6. The van der Waals surface area contributed by atoms with Crippen LogP contribution in [-0.4, -0.2) is 25.7 Å². The Bertz CT molecular complexity index is 779. The minimum atomic E-state index is -4.31. The molecule has 1 saturated carbocycles. The molecule has 2 nitrogen and oxygen atoms in total. The van der Waals surface area contributed by atoms with Crippen molar-refractivity contribution in [3.8, 4) is 11.1 Å². The molecule has 1 aliphatic carbocycles. The fourth-order valence-electron chi connectivity index (χ4n) is 4.23. The van der Waals surface area contributed by atoms with E-state index in [4.69, 9.17) is 0 Å². The van der Waals surface area contributed by atoms with E-state index in [9.17, 15) is 13.2 Å². The van der Waals surface area contributed by atoms with Crippen LogP contribution in [0.5, 0.6) is 0 Å². The number of alkyl halides is 3. The summed E-state index contributed by atoms with van der Waals surface area (Å²) in [7, 11) is 0. The molecule has 0 spiro atoms. The van der Waals surface area contributed by atoms with Crippen LogP contribution in [0.4, 0.5) is 13.2 Å². The van der Waals surface area contributed by atoms with Crippen LogP contribution in [0.15, 0.2) is 48.5 Å². The molecule has 1 aliphatic heterocycles. The van der Waals surface area contributed by atoms with Crippen LogP contribution >= 0.6 is 0 Å². The van der Waals surface area contributed by atoms with Gasteiger partial charge in [0.25, 0.3) is 0 Å². The molecule has 4 rings (SSSR count). The summed E-state index contributed by atoms with van der Waals surface area (Å²) in [6.45, 7) is 3.37. The van der Waals surface area contributed by atoms with E-state index < -0.39 is 11.7 Å². The van der Waals surface area contributed by atoms with Crippen molar-refractivity contribution in [1.82, 2.24) is 10.6 Å². The monoisotopic (exact) mass is 388 g/mol. The molecule has 0 bridgehead atoms.